The van der Waals surface area contributed by atoms with Gasteiger partial charge in [-0.3, -0.25) is 0 Å². The van der Waals surface area contributed by atoms with Crippen LogP contribution in [0, 0.1) is 5.82 Å². The second-order valence-electron chi connectivity index (χ2n) is 4.49. The Morgan fingerprint density at radius 1 is 1.41 bits per heavy atom. The minimum absolute atomic E-state index is 0.0271. The maximum absolute atomic E-state index is 14.6. The second-order valence-corrected chi connectivity index (χ2v) is 5.28. The lowest BCUT2D eigenvalue weighted by molar-refractivity contribution is 0.0594. The number of anilines is 1. The molecule has 0 radical (unpaired) electrons. The maximum atomic E-state index is 14.6. The molecule has 2 N–H and O–H groups in total. The average molecular weight is 343 g/mol. The predicted octanol–water partition coefficient (Wildman–Crippen LogP) is 4.13. The van der Waals surface area contributed by atoms with Gasteiger partial charge in [-0.1, -0.05) is 30.1 Å². The van der Waals surface area contributed by atoms with Gasteiger partial charge in [-0.2, -0.15) is 0 Å². The maximum Gasteiger partial charge on any atom is 0.358 e. The summed E-state index contributed by atoms with van der Waals surface area (Å²) in [6, 6.07) is 4.46. The van der Waals surface area contributed by atoms with Crippen LogP contribution in [0.2, 0.25) is 10.0 Å². The topological polar surface area (TPSA) is 65.2 Å². The van der Waals surface area contributed by atoms with E-state index in [0.29, 0.717) is 17.0 Å². The molecule has 1 aromatic carbocycles. The number of aromatic nitrogens is 1. The van der Waals surface area contributed by atoms with Crippen LogP contribution >= 0.6 is 23.2 Å². The largest absolute Gasteiger partial charge is 0.464 e. The molecule has 7 heteroatoms. The number of carbonyl (C=O) groups is 1. The number of rotatable bonds is 3. The molecule has 1 heterocycles. The van der Waals surface area contributed by atoms with Gasteiger partial charge in [0.05, 0.1) is 23.5 Å². The average Bonchev–Trinajstić information content (AvgIpc) is 2.50. The van der Waals surface area contributed by atoms with E-state index >= 15 is 0 Å². The Hall–Kier alpha value is -1.85. The van der Waals surface area contributed by atoms with Crippen LogP contribution in [-0.4, -0.2) is 18.1 Å². The number of carbonyl (C=O) groups excluding carboxylic acids is 1. The number of halogens is 3. The summed E-state index contributed by atoms with van der Waals surface area (Å²) in [5.74, 6) is -1.25. The number of ether oxygens (including phenoxy) is 1. The number of hydrogen-bond acceptors (Lipinski definition) is 4. The van der Waals surface area contributed by atoms with Crippen molar-refractivity contribution in [2.75, 3.05) is 12.8 Å². The lowest BCUT2D eigenvalue weighted by Crippen LogP contribution is -2.08. The van der Waals surface area contributed by atoms with Gasteiger partial charge < -0.3 is 10.5 Å². The van der Waals surface area contributed by atoms with Crippen molar-refractivity contribution in [2.24, 2.45) is 0 Å². The molecule has 0 saturated carbocycles. The Kier molecular flexibility index (Phi) is 4.88. The monoisotopic (exact) mass is 342 g/mol. The molecule has 2 rings (SSSR count). The van der Waals surface area contributed by atoms with Crippen LogP contribution in [0.25, 0.3) is 11.3 Å². The number of nitrogens with two attached hydrogens (primary N) is 1. The third kappa shape index (κ3) is 2.87. The first kappa shape index (κ1) is 16.5. The zero-order chi connectivity index (χ0) is 16.4. The van der Waals surface area contributed by atoms with Crippen LogP contribution in [0.15, 0.2) is 18.2 Å². The van der Waals surface area contributed by atoms with Crippen molar-refractivity contribution in [2.45, 2.75) is 13.3 Å². The smallest absolute Gasteiger partial charge is 0.358 e. The van der Waals surface area contributed by atoms with Crippen molar-refractivity contribution in [3.63, 3.8) is 0 Å². The van der Waals surface area contributed by atoms with Crippen LogP contribution in [0.3, 0.4) is 0 Å². The van der Waals surface area contributed by atoms with Crippen molar-refractivity contribution >= 4 is 34.9 Å². The minimum atomic E-state index is -0.747. The van der Waals surface area contributed by atoms with E-state index in [0.717, 1.165) is 0 Å². The first-order chi connectivity index (χ1) is 10.4. The van der Waals surface area contributed by atoms with E-state index in [1.54, 1.807) is 13.0 Å². The number of benzene rings is 1. The zero-order valence-corrected chi connectivity index (χ0v) is 13.4. The summed E-state index contributed by atoms with van der Waals surface area (Å²) in [6.45, 7) is 1.79. The molecule has 4 nitrogen and oxygen atoms in total. The van der Waals surface area contributed by atoms with E-state index in [-0.39, 0.29) is 27.7 Å². The molecule has 0 unspecified atom stereocenters. The van der Waals surface area contributed by atoms with Crippen LogP contribution < -0.4 is 5.73 Å². The van der Waals surface area contributed by atoms with Crippen molar-refractivity contribution in [1.82, 2.24) is 4.98 Å². The molecule has 0 atom stereocenters. The molecule has 1 aromatic heterocycles. The van der Waals surface area contributed by atoms with E-state index in [9.17, 15) is 9.18 Å². The number of hydrogen-bond donors (Lipinski definition) is 1. The zero-order valence-electron chi connectivity index (χ0n) is 11.9. The van der Waals surface area contributed by atoms with Gasteiger partial charge in [0.15, 0.2) is 5.69 Å². The fraction of sp³-hybridized carbons (Fsp3) is 0.200. The Morgan fingerprint density at radius 2 is 2.09 bits per heavy atom. The first-order valence-corrected chi connectivity index (χ1v) is 7.17. The highest BCUT2D eigenvalue weighted by atomic mass is 35.5. The van der Waals surface area contributed by atoms with Crippen molar-refractivity contribution in [3.05, 3.63) is 45.3 Å². The molecule has 0 bridgehead atoms. The number of nitrogen functional groups attached to an aromatic ring is 1. The summed E-state index contributed by atoms with van der Waals surface area (Å²) < 4.78 is 19.2. The Balaban J connectivity index is 2.69. The standard InChI is InChI=1S/C15H13Cl2FN2O2/c1-3-7-9(16)5-4-8(13(7)18)11-6-10(19)12(17)14(20-11)15(21)22-2/h4-6H,3H2,1-2H3,(H2,19,20). The van der Waals surface area contributed by atoms with Crippen LogP contribution in [0.4, 0.5) is 10.1 Å². The first-order valence-electron chi connectivity index (χ1n) is 6.42. The highest BCUT2D eigenvalue weighted by molar-refractivity contribution is 6.35. The molecule has 2 aromatic rings. The van der Waals surface area contributed by atoms with E-state index in [1.807, 2.05) is 0 Å². The third-order valence-electron chi connectivity index (χ3n) is 3.18. The number of pyridine rings is 1. The number of nitrogens with zero attached hydrogens (tertiary/aromatic N) is 1. The molecule has 0 aliphatic heterocycles. The molecule has 0 saturated heterocycles. The van der Waals surface area contributed by atoms with E-state index in [4.69, 9.17) is 28.9 Å². The van der Waals surface area contributed by atoms with Gasteiger partial charge in [-0.05, 0) is 24.6 Å². The lowest BCUT2D eigenvalue weighted by Gasteiger charge is -2.11. The van der Waals surface area contributed by atoms with Gasteiger partial charge in [0, 0.05) is 16.1 Å². The van der Waals surface area contributed by atoms with Crippen molar-refractivity contribution in [1.29, 1.82) is 0 Å². The summed E-state index contributed by atoms with van der Waals surface area (Å²) in [5, 5.41) is 0.305. The minimum Gasteiger partial charge on any atom is -0.464 e. The molecular weight excluding hydrogens is 330 g/mol. The molecule has 0 aliphatic carbocycles. The summed E-state index contributed by atoms with van der Waals surface area (Å²) in [5.41, 5.74) is 6.47. The van der Waals surface area contributed by atoms with E-state index < -0.39 is 11.8 Å². The van der Waals surface area contributed by atoms with Crippen LogP contribution in [0.1, 0.15) is 23.0 Å². The van der Waals surface area contributed by atoms with Gasteiger partial charge >= 0.3 is 5.97 Å². The van der Waals surface area contributed by atoms with Crippen molar-refractivity contribution < 1.29 is 13.9 Å². The van der Waals surface area contributed by atoms with Gasteiger partial charge in [0.2, 0.25) is 0 Å². The molecule has 116 valence electrons. The van der Waals surface area contributed by atoms with Gasteiger partial charge in [-0.25, -0.2) is 14.2 Å². The van der Waals surface area contributed by atoms with Gasteiger partial charge in [0.1, 0.15) is 5.82 Å². The molecule has 0 spiro atoms. The third-order valence-corrected chi connectivity index (χ3v) is 3.93. The molecular formula is C15H13Cl2FN2O2. The van der Waals surface area contributed by atoms with Crippen LogP contribution in [0.5, 0.6) is 0 Å². The van der Waals surface area contributed by atoms with Crippen LogP contribution in [-0.2, 0) is 11.2 Å². The summed E-state index contributed by atoms with van der Waals surface area (Å²) in [4.78, 5) is 15.8. The molecule has 0 fully saturated rings. The molecule has 22 heavy (non-hydrogen) atoms. The molecule has 0 amide bonds. The van der Waals surface area contributed by atoms with Crippen molar-refractivity contribution in [3.8, 4) is 11.3 Å². The summed E-state index contributed by atoms with van der Waals surface area (Å²) >= 11 is 11.9. The fourth-order valence-corrected chi connectivity index (χ4v) is 2.49. The SMILES string of the molecule is CCc1c(Cl)ccc(-c2cc(N)c(Cl)c(C(=O)OC)n2)c1F. The second kappa shape index (κ2) is 6.50. The Labute approximate surface area is 137 Å². The fourth-order valence-electron chi connectivity index (χ4n) is 2.04. The number of methoxy groups -OCH3 is 1. The van der Waals surface area contributed by atoms with E-state index in [1.165, 1.54) is 19.2 Å². The Morgan fingerprint density at radius 3 is 2.68 bits per heavy atom. The lowest BCUT2D eigenvalue weighted by atomic mass is 10.0. The highest BCUT2D eigenvalue weighted by Gasteiger charge is 2.20. The van der Waals surface area contributed by atoms with Gasteiger partial charge in [0.25, 0.3) is 0 Å². The summed E-state index contributed by atoms with van der Waals surface area (Å²) in [7, 11) is 1.20. The number of esters is 1. The highest BCUT2D eigenvalue weighted by Crippen LogP contribution is 2.32. The quantitative estimate of drug-likeness (QED) is 0.851. The van der Waals surface area contributed by atoms with E-state index in [2.05, 4.69) is 9.72 Å². The predicted molar refractivity (Wildman–Crippen MR) is 84.8 cm³/mol. The molecule has 0 aliphatic rings. The van der Waals surface area contributed by atoms with Gasteiger partial charge in [-0.15, -0.1) is 0 Å². The Bertz CT molecular complexity index is 751. The summed E-state index contributed by atoms with van der Waals surface area (Å²) in [6.07, 6.45) is 0.422. The normalized spacial score (nSPS) is 10.6.